The number of hydrogen-bond acceptors (Lipinski definition) is 3. The Kier molecular flexibility index (Phi) is 1.56. The fourth-order valence-electron chi connectivity index (χ4n) is 0.777. The van der Waals surface area contributed by atoms with E-state index in [1.54, 1.807) is 0 Å². The van der Waals surface area contributed by atoms with Gasteiger partial charge in [-0.05, 0) is 12.8 Å². The van der Waals surface area contributed by atoms with E-state index in [0.29, 0.717) is 0 Å². The van der Waals surface area contributed by atoms with Crippen molar-refractivity contribution < 1.29 is 8.42 Å². The number of thiol groups is 1. The Morgan fingerprint density at radius 3 is 2.11 bits per heavy atom. The lowest BCUT2D eigenvalue weighted by Crippen LogP contribution is -2.15. The smallest absolute Gasteiger partial charge is 0.148 e. The molecule has 1 aliphatic rings. The summed E-state index contributed by atoms with van der Waals surface area (Å²) >= 11 is 4.18. The van der Waals surface area contributed by atoms with Gasteiger partial charge in [0, 0.05) is 11.0 Å². The Bertz CT molecular complexity index is 201. The van der Waals surface area contributed by atoms with Crippen LogP contribution < -0.4 is 0 Å². The second kappa shape index (κ2) is 1.89. The maximum atomic E-state index is 10.6. The maximum Gasteiger partial charge on any atom is 0.148 e. The Morgan fingerprint density at radius 2 is 2.00 bits per heavy atom. The lowest BCUT2D eigenvalue weighted by Gasteiger charge is -2.02. The summed E-state index contributed by atoms with van der Waals surface area (Å²) in [7, 11) is -2.80. The molecule has 0 heterocycles. The van der Waals surface area contributed by atoms with Crippen LogP contribution in [0.25, 0.3) is 0 Å². The molecule has 0 aromatic rings. The van der Waals surface area contributed by atoms with E-state index < -0.39 is 9.84 Å². The van der Waals surface area contributed by atoms with Crippen molar-refractivity contribution in [3.63, 3.8) is 0 Å². The summed E-state index contributed by atoms with van der Waals surface area (Å²) in [4.78, 5) is 0. The summed E-state index contributed by atoms with van der Waals surface area (Å²) in [5.74, 6) is 0.239. The van der Waals surface area contributed by atoms with Crippen LogP contribution in [0.1, 0.15) is 12.8 Å². The highest BCUT2D eigenvalue weighted by Gasteiger charge is 2.41. The zero-order valence-electron chi connectivity index (χ0n) is 5.29. The minimum absolute atomic E-state index is 0.159. The molecule has 54 valence electrons. The molecule has 0 saturated heterocycles. The lowest BCUT2D eigenvalue weighted by atomic mass is 10.5. The van der Waals surface area contributed by atoms with Gasteiger partial charge in [0.05, 0.1) is 5.75 Å². The van der Waals surface area contributed by atoms with E-state index in [2.05, 4.69) is 12.6 Å². The van der Waals surface area contributed by atoms with E-state index in [9.17, 15) is 8.42 Å². The van der Waals surface area contributed by atoms with Crippen molar-refractivity contribution in [2.75, 3.05) is 12.0 Å². The van der Waals surface area contributed by atoms with Gasteiger partial charge in [-0.3, -0.25) is 0 Å². The van der Waals surface area contributed by atoms with Crippen LogP contribution in [-0.2, 0) is 9.84 Å². The van der Waals surface area contributed by atoms with Gasteiger partial charge in [0.2, 0.25) is 0 Å². The Balaban J connectivity index is 2.53. The predicted molar refractivity (Wildman–Crippen MR) is 40.7 cm³/mol. The molecule has 1 rings (SSSR count). The molecule has 0 aliphatic heterocycles. The highest BCUT2D eigenvalue weighted by Crippen LogP contribution is 2.42. The zero-order valence-corrected chi connectivity index (χ0v) is 7.00. The van der Waals surface area contributed by atoms with E-state index in [1.807, 2.05) is 0 Å². The molecular formula is C5H10O2S2. The van der Waals surface area contributed by atoms with Crippen LogP contribution in [0, 0.1) is 0 Å². The van der Waals surface area contributed by atoms with Gasteiger partial charge < -0.3 is 0 Å². The van der Waals surface area contributed by atoms with E-state index in [4.69, 9.17) is 0 Å². The predicted octanol–water partition coefficient (Wildman–Crippen LogP) is 0.493. The van der Waals surface area contributed by atoms with Gasteiger partial charge in [-0.25, -0.2) is 8.42 Å². The maximum absolute atomic E-state index is 10.6. The fourth-order valence-corrected chi connectivity index (χ4v) is 2.86. The van der Waals surface area contributed by atoms with Gasteiger partial charge in [-0.2, -0.15) is 12.6 Å². The quantitative estimate of drug-likeness (QED) is 0.606. The SMILES string of the molecule is CS(=O)(=O)CC1(S)CC1. The van der Waals surface area contributed by atoms with Crippen molar-refractivity contribution >= 4 is 22.5 Å². The second-order valence-electron chi connectivity index (χ2n) is 2.79. The van der Waals surface area contributed by atoms with Crippen LogP contribution in [-0.4, -0.2) is 25.2 Å². The van der Waals surface area contributed by atoms with Crippen molar-refractivity contribution in [1.29, 1.82) is 0 Å². The summed E-state index contributed by atoms with van der Waals surface area (Å²) in [5, 5.41) is 0. The molecule has 0 N–H and O–H groups in total. The molecule has 0 spiro atoms. The van der Waals surface area contributed by atoms with Gasteiger partial charge >= 0.3 is 0 Å². The molecule has 1 fully saturated rings. The normalized spacial score (nSPS) is 23.8. The van der Waals surface area contributed by atoms with E-state index in [-0.39, 0.29) is 10.5 Å². The highest BCUT2D eigenvalue weighted by molar-refractivity contribution is 7.92. The third-order valence-corrected chi connectivity index (χ3v) is 3.25. The highest BCUT2D eigenvalue weighted by atomic mass is 32.2. The van der Waals surface area contributed by atoms with Crippen LogP contribution in [0.5, 0.6) is 0 Å². The van der Waals surface area contributed by atoms with Crippen molar-refractivity contribution in [3.05, 3.63) is 0 Å². The summed E-state index contributed by atoms with van der Waals surface area (Å²) < 4.78 is 21.1. The van der Waals surface area contributed by atoms with Crippen molar-refractivity contribution in [2.24, 2.45) is 0 Å². The molecule has 1 aliphatic carbocycles. The molecule has 0 bridgehead atoms. The van der Waals surface area contributed by atoms with Gasteiger partial charge in [0.25, 0.3) is 0 Å². The third-order valence-electron chi connectivity index (χ3n) is 1.36. The van der Waals surface area contributed by atoms with Gasteiger partial charge in [-0.1, -0.05) is 0 Å². The van der Waals surface area contributed by atoms with E-state index in [1.165, 1.54) is 6.26 Å². The number of sulfone groups is 1. The van der Waals surface area contributed by atoms with Crippen LogP contribution in [0.15, 0.2) is 0 Å². The van der Waals surface area contributed by atoms with Crippen LogP contribution in [0.3, 0.4) is 0 Å². The topological polar surface area (TPSA) is 34.1 Å². The standard InChI is InChI=1S/C5H10O2S2/c1-9(6,7)4-5(8)2-3-5/h8H,2-4H2,1H3. The summed E-state index contributed by atoms with van der Waals surface area (Å²) in [5.41, 5.74) is 0. The molecular weight excluding hydrogens is 156 g/mol. The fraction of sp³-hybridized carbons (Fsp3) is 1.00. The minimum atomic E-state index is -2.80. The first-order chi connectivity index (χ1) is 3.91. The first-order valence-corrected chi connectivity index (χ1v) is 5.32. The Morgan fingerprint density at radius 1 is 1.56 bits per heavy atom. The Labute approximate surface area is 61.0 Å². The minimum Gasteiger partial charge on any atom is -0.229 e. The molecule has 0 aromatic heterocycles. The first kappa shape index (κ1) is 7.41. The van der Waals surface area contributed by atoms with Gasteiger partial charge in [0.1, 0.15) is 9.84 Å². The second-order valence-corrected chi connectivity index (χ2v) is 5.88. The molecule has 0 atom stereocenters. The molecule has 0 unspecified atom stereocenters. The molecule has 1 saturated carbocycles. The van der Waals surface area contributed by atoms with Crippen molar-refractivity contribution in [2.45, 2.75) is 17.6 Å². The van der Waals surface area contributed by atoms with Crippen LogP contribution >= 0.6 is 12.6 Å². The van der Waals surface area contributed by atoms with Crippen molar-refractivity contribution in [3.8, 4) is 0 Å². The van der Waals surface area contributed by atoms with Gasteiger partial charge in [-0.15, -0.1) is 0 Å². The largest absolute Gasteiger partial charge is 0.229 e. The van der Waals surface area contributed by atoms with Crippen molar-refractivity contribution in [1.82, 2.24) is 0 Å². The van der Waals surface area contributed by atoms with Gasteiger partial charge in [0.15, 0.2) is 0 Å². The molecule has 9 heavy (non-hydrogen) atoms. The average Bonchev–Trinajstić information content (AvgIpc) is 2.12. The number of rotatable bonds is 2. The third kappa shape index (κ3) is 2.58. The zero-order chi connectivity index (χ0) is 7.12. The molecule has 0 amide bonds. The monoisotopic (exact) mass is 166 g/mol. The number of hydrogen-bond donors (Lipinski definition) is 1. The Hall–Kier alpha value is 0.300. The van der Waals surface area contributed by atoms with E-state index in [0.717, 1.165) is 12.8 Å². The van der Waals surface area contributed by atoms with Crippen LogP contribution in [0.2, 0.25) is 0 Å². The molecule has 2 nitrogen and oxygen atoms in total. The lowest BCUT2D eigenvalue weighted by molar-refractivity contribution is 0.600. The summed E-state index contributed by atoms with van der Waals surface area (Å²) in [6.07, 6.45) is 3.15. The molecule has 0 aromatic carbocycles. The summed E-state index contributed by atoms with van der Waals surface area (Å²) in [6, 6.07) is 0. The summed E-state index contributed by atoms with van der Waals surface area (Å²) in [6.45, 7) is 0. The average molecular weight is 166 g/mol. The first-order valence-electron chi connectivity index (χ1n) is 2.81. The molecule has 4 heteroatoms. The van der Waals surface area contributed by atoms with Crippen LogP contribution in [0.4, 0.5) is 0 Å². The molecule has 0 radical (unpaired) electrons. The van der Waals surface area contributed by atoms with E-state index >= 15 is 0 Å².